The van der Waals surface area contributed by atoms with Gasteiger partial charge in [0.25, 0.3) is 0 Å². The van der Waals surface area contributed by atoms with Crippen molar-refractivity contribution in [3.63, 3.8) is 0 Å². The summed E-state index contributed by atoms with van der Waals surface area (Å²) in [6.45, 7) is 9.80. The Morgan fingerprint density at radius 1 is 1.44 bits per heavy atom. The van der Waals surface area contributed by atoms with Crippen LogP contribution in [-0.4, -0.2) is 17.3 Å². The van der Waals surface area contributed by atoms with Gasteiger partial charge in [0.1, 0.15) is 0 Å². The summed E-state index contributed by atoms with van der Waals surface area (Å²) in [5.74, 6) is 0.529. The highest BCUT2D eigenvalue weighted by Gasteiger charge is 2.20. The van der Waals surface area contributed by atoms with Gasteiger partial charge < -0.3 is 10.4 Å². The van der Waals surface area contributed by atoms with Gasteiger partial charge in [-0.25, -0.2) is 0 Å². The van der Waals surface area contributed by atoms with Gasteiger partial charge in [0.2, 0.25) is 0 Å². The van der Waals surface area contributed by atoms with Gasteiger partial charge in [0.15, 0.2) is 0 Å². The quantitative estimate of drug-likeness (QED) is 0.802. The molecule has 0 fully saturated rings. The molecule has 0 radical (unpaired) electrons. The van der Waals surface area contributed by atoms with E-state index in [2.05, 4.69) is 38.2 Å². The van der Waals surface area contributed by atoms with E-state index in [0.717, 1.165) is 13.0 Å². The Morgan fingerprint density at radius 2 is 2.12 bits per heavy atom. The third-order valence-electron chi connectivity index (χ3n) is 2.45. The van der Waals surface area contributed by atoms with E-state index in [4.69, 9.17) is 0 Å². The van der Waals surface area contributed by atoms with Crippen molar-refractivity contribution in [3.05, 3.63) is 21.9 Å². The summed E-state index contributed by atoms with van der Waals surface area (Å²) in [6.07, 6.45) is 0.837. The van der Waals surface area contributed by atoms with E-state index in [1.54, 1.807) is 0 Å². The number of hydrogen-bond acceptors (Lipinski definition) is 3. The van der Waals surface area contributed by atoms with Gasteiger partial charge in [0.05, 0.1) is 5.60 Å². The Balaban J connectivity index is 2.29. The fourth-order valence-corrected chi connectivity index (χ4v) is 2.85. The molecule has 3 heteroatoms. The number of nitrogens with one attached hydrogen (secondary N) is 1. The van der Waals surface area contributed by atoms with Crippen molar-refractivity contribution in [1.82, 2.24) is 5.32 Å². The number of aryl methyl sites for hydroxylation is 1. The maximum Gasteiger partial charge on any atom is 0.0746 e. The average Bonchev–Trinajstić information content (AvgIpc) is 2.48. The lowest BCUT2D eigenvalue weighted by Gasteiger charge is -2.25. The minimum absolute atomic E-state index is 0.529. The molecule has 16 heavy (non-hydrogen) atoms. The van der Waals surface area contributed by atoms with Crippen LogP contribution in [0.3, 0.4) is 0 Å². The van der Waals surface area contributed by atoms with Crippen LogP contribution in [0.25, 0.3) is 0 Å². The smallest absolute Gasteiger partial charge is 0.0746 e. The first-order valence-corrected chi connectivity index (χ1v) is 6.69. The molecule has 0 aliphatic heterocycles. The van der Waals surface area contributed by atoms with Crippen molar-refractivity contribution >= 4 is 11.3 Å². The van der Waals surface area contributed by atoms with E-state index in [1.807, 2.05) is 18.3 Å². The van der Waals surface area contributed by atoms with Crippen LogP contribution in [0.15, 0.2) is 12.1 Å². The van der Waals surface area contributed by atoms with Crippen LogP contribution in [0.5, 0.6) is 0 Å². The molecule has 2 N–H and O–H groups in total. The third kappa shape index (κ3) is 5.10. The van der Waals surface area contributed by atoms with Gasteiger partial charge in [-0.05, 0) is 38.3 Å². The van der Waals surface area contributed by atoms with E-state index in [1.165, 1.54) is 9.75 Å². The third-order valence-corrected chi connectivity index (χ3v) is 3.45. The standard InChI is InChI=1S/C13H23NOS/c1-10(2)7-13(4,15)9-14-8-12-6-5-11(3)16-12/h5-6,10,14-15H,7-9H2,1-4H3. The van der Waals surface area contributed by atoms with Gasteiger partial charge in [-0.1, -0.05) is 13.8 Å². The highest BCUT2D eigenvalue weighted by Crippen LogP contribution is 2.17. The molecule has 0 aromatic carbocycles. The number of thiophene rings is 1. The second-order valence-electron chi connectivity index (χ2n) is 5.21. The van der Waals surface area contributed by atoms with E-state index < -0.39 is 5.60 Å². The van der Waals surface area contributed by atoms with Crippen LogP contribution in [0.1, 0.15) is 36.9 Å². The zero-order valence-corrected chi connectivity index (χ0v) is 11.5. The summed E-state index contributed by atoms with van der Waals surface area (Å²) < 4.78 is 0. The zero-order chi connectivity index (χ0) is 12.2. The van der Waals surface area contributed by atoms with Crippen molar-refractivity contribution in [2.75, 3.05) is 6.54 Å². The molecule has 1 heterocycles. The molecule has 0 saturated heterocycles. The molecule has 1 atom stereocenters. The topological polar surface area (TPSA) is 32.3 Å². The van der Waals surface area contributed by atoms with E-state index in [-0.39, 0.29) is 0 Å². The number of aliphatic hydroxyl groups is 1. The SMILES string of the molecule is Cc1ccc(CNCC(C)(O)CC(C)C)s1. The summed E-state index contributed by atoms with van der Waals surface area (Å²) in [7, 11) is 0. The maximum atomic E-state index is 10.1. The van der Waals surface area contributed by atoms with Crippen molar-refractivity contribution in [3.8, 4) is 0 Å². The van der Waals surface area contributed by atoms with Crippen LogP contribution in [-0.2, 0) is 6.54 Å². The Kier molecular flexibility index (Phi) is 4.96. The molecule has 0 aliphatic carbocycles. The summed E-state index contributed by atoms with van der Waals surface area (Å²) in [4.78, 5) is 2.67. The Bertz CT molecular complexity index is 317. The fourth-order valence-electron chi connectivity index (χ4n) is 1.99. The summed E-state index contributed by atoms with van der Waals surface area (Å²) in [5, 5.41) is 13.4. The van der Waals surface area contributed by atoms with Crippen LogP contribution in [0.4, 0.5) is 0 Å². The van der Waals surface area contributed by atoms with Gasteiger partial charge in [0, 0.05) is 22.8 Å². The van der Waals surface area contributed by atoms with Crippen LogP contribution in [0, 0.1) is 12.8 Å². The second-order valence-corrected chi connectivity index (χ2v) is 6.58. The molecule has 0 aliphatic rings. The minimum Gasteiger partial charge on any atom is -0.389 e. The van der Waals surface area contributed by atoms with E-state index >= 15 is 0 Å². The highest BCUT2D eigenvalue weighted by atomic mass is 32.1. The zero-order valence-electron chi connectivity index (χ0n) is 10.7. The predicted molar refractivity (Wildman–Crippen MR) is 70.8 cm³/mol. The van der Waals surface area contributed by atoms with Crippen LogP contribution >= 0.6 is 11.3 Å². The molecule has 1 rings (SSSR count). The summed E-state index contributed by atoms with van der Waals surface area (Å²) in [6, 6.07) is 4.28. The molecule has 0 spiro atoms. The lowest BCUT2D eigenvalue weighted by atomic mass is 9.94. The number of hydrogen-bond donors (Lipinski definition) is 2. The molecule has 0 amide bonds. The Hall–Kier alpha value is -0.380. The van der Waals surface area contributed by atoms with E-state index in [9.17, 15) is 5.11 Å². The lowest BCUT2D eigenvalue weighted by Crippen LogP contribution is -2.38. The van der Waals surface area contributed by atoms with Gasteiger partial charge in [-0.3, -0.25) is 0 Å². The molecule has 0 saturated carbocycles. The maximum absolute atomic E-state index is 10.1. The molecule has 1 unspecified atom stereocenters. The van der Waals surface area contributed by atoms with E-state index in [0.29, 0.717) is 12.5 Å². The molecule has 1 aromatic rings. The Morgan fingerprint density at radius 3 is 2.62 bits per heavy atom. The predicted octanol–water partition coefficient (Wildman–Crippen LogP) is 2.94. The average molecular weight is 241 g/mol. The van der Waals surface area contributed by atoms with Crippen molar-refractivity contribution in [2.24, 2.45) is 5.92 Å². The molecular weight excluding hydrogens is 218 g/mol. The minimum atomic E-state index is -0.597. The fraction of sp³-hybridized carbons (Fsp3) is 0.692. The molecule has 2 nitrogen and oxygen atoms in total. The highest BCUT2D eigenvalue weighted by molar-refractivity contribution is 7.11. The van der Waals surface area contributed by atoms with Gasteiger partial charge in [-0.15, -0.1) is 11.3 Å². The monoisotopic (exact) mass is 241 g/mol. The molecular formula is C13H23NOS. The van der Waals surface area contributed by atoms with Crippen LogP contribution < -0.4 is 5.32 Å². The Labute approximate surface area is 103 Å². The lowest BCUT2D eigenvalue weighted by molar-refractivity contribution is 0.0384. The van der Waals surface area contributed by atoms with Crippen molar-refractivity contribution in [2.45, 2.75) is 46.3 Å². The molecule has 92 valence electrons. The molecule has 1 aromatic heterocycles. The van der Waals surface area contributed by atoms with Gasteiger partial charge >= 0.3 is 0 Å². The first kappa shape index (κ1) is 13.7. The summed E-state index contributed by atoms with van der Waals surface area (Å²) >= 11 is 1.81. The summed E-state index contributed by atoms with van der Waals surface area (Å²) in [5.41, 5.74) is -0.597. The van der Waals surface area contributed by atoms with Crippen molar-refractivity contribution < 1.29 is 5.11 Å². The first-order valence-electron chi connectivity index (χ1n) is 5.87. The largest absolute Gasteiger partial charge is 0.389 e. The first-order chi connectivity index (χ1) is 7.39. The second kappa shape index (κ2) is 5.80. The van der Waals surface area contributed by atoms with Crippen LogP contribution in [0.2, 0.25) is 0 Å². The number of rotatable bonds is 6. The van der Waals surface area contributed by atoms with Crippen molar-refractivity contribution in [1.29, 1.82) is 0 Å². The molecule has 0 bridgehead atoms. The van der Waals surface area contributed by atoms with Gasteiger partial charge in [-0.2, -0.15) is 0 Å². The normalized spacial score (nSPS) is 15.4.